The molecule has 128 valence electrons. The number of nitrogens with two attached hydrogens (primary N) is 1. The van der Waals surface area contributed by atoms with Gasteiger partial charge in [-0.15, -0.1) is 0 Å². The molecule has 1 amide bonds. The molecule has 0 saturated heterocycles. The summed E-state index contributed by atoms with van der Waals surface area (Å²) < 4.78 is 18.6. The number of amides is 1. The third kappa shape index (κ3) is 3.26. The number of ether oxygens (including phenoxy) is 1. The van der Waals surface area contributed by atoms with Gasteiger partial charge in [0.05, 0.1) is 6.10 Å². The van der Waals surface area contributed by atoms with Gasteiger partial charge in [0.15, 0.2) is 0 Å². The maximum atomic E-state index is 12.9. The quantitative estimate of drug-likeness (QED) is 0.875. The molecule has 1 aliphatic carbocycles. The molecule has 2 N–H and O–H groups in total. The van der Waals surface area contributed by atoms with Gasteiger partial charge in [-0.3, -0.25) is 4.79 Å². The van der Waals surface area contributed by atoms with E-state index in [1.165, 1.54) is 12.1 Å². The van der Waals surface area contributed by atoms with Crippen molar-refractivity contribution in [3.63, 3.8) is 0 Å². The third-order valence-corrected chi connectivity index (χ3v) is 5.21. The molecule has 1 saturated carbocycles. The van der Waals surface area contributed by atoms with Crippen molar-refractivity contribution < 1.29 is 13.9 Å². The fourth-order valence-electron chi connectivity index (χ4n) is 3.19. The molecule has 23 heavy (non-hydrogen) atoms. The van der Waals surface area contributed by atoms with Crippen molar-refractivity contribution in [1.82, 2.24) is 4.90 Å². The second-order valence-electron chi connectivity index (χ2n) is 6.94. The summed E-state index contributed by atoms with van der Waals surface area (Å²) in [7, 11) is 1.77. The van der Waals surface area contributed by atoms with Gasteiger partial charge in [0.1, 0.15) is 11.4 Å². The molecule has 1 aromatic carbocycles. The summed E-state index contributed by atoms with van der Waals surface area (Å²) in [6.45, 7) is 7.10. The van der Waals surface area contributed by atoms with Gasteiger partial charge in [-0.2, -0.15) is 0 Å². The average molecular weight is 322 g/mol. The molecule has 0 bridgehead atoms. The van der Waals surface area contributed by atoms with Crippen molar-refractivity contribution in [2.45, 2.75) is 45.3 Å². The zero-order chi connectivity index (χ0) is 17.3. The third-order valence-electron chi connectivity index (χ3n) is 5.21. The fourth-order valence-corrected chi connectivity index (χ4v) is 3.19. The summed E-state index contributed by atoms with van der Waals surface area (Å²) in [4.78, 5) is 14.4. The lowest BCUT2D eigenvalue weighted by molar-refractivity contribution is -0.178. The molecule has 0 aromatic heterocycles. The smallest absolute Gasteiger partial charge is 0.243 e. The summed E-state index contributed by atoms with van der Waals surface area (Å²) in [5.74, 6) is -0.308. The molecule has 1 aliphatic rings. The van der Waals surface area contributed by atoms with Gasteiger partial charge in [-0.1, -0.05) is 26.0 Å². The van der Waals surface area contributed by atoms with Gasteiger partial charge in [0.2, 0.25) is 5.91 Å². The number of halogens is 1. The molecule has 4 nitrogen and oxygen atoms in total. The number of carbonyl (C=O) groups is 1. The number of nitrogens with zero attached hydrogens (tertiary/aromatic N) is 1. The van der Waals surface area contributed by atoms with Crippen molar-refractivity contribution in [2.24, 2.45) is 11.1 Å². The van der Waals surface area contributed by atoms with Gasteiger partial charge >= 0.3 is 0 Å². The predicted octanol–water partition coefficient (Wildman–Crippen LogP) is 2.36. The van der Waals surface area contributed by atoms with Crippen LogP contribution in [0.4, 0.5) is 4.39 Å². The largest absolute Gasteiger partial charge is 0.378 e. The van der Waals surface area contributed by atoms with Crippen LogP contribution < -0.4 is 5.73 Å². The Kier molecular flexibility index (Phi) is 5.11. The molecule has 2 unspecified atom stereocenters. The first kappa shape index (κ1) is 17.9. The van der Waals surface area contributed by atoms with E-state index < -0.39 is 5.54 Å². The Hall–Kier alpha value is -1.46. The minimum Gasteiger partial charge on any atom is -0.378 e. The number of rotatable bonds is 6. The Morgan fingerprint density at radius 1 is 1.39 bits per heavy atom. The predicted molar refractivity (Wildman–Crippen MR) is 88.5 cm³/mol. The minimum atomic E-state index is -0.885. The van der Waals surface area contributed by atoms with E-state index in [1.54, 1.807) is 24.1 Å². The Labute approximate surface area is 137 Å². The molecule has 2 atom stereocenters. The van der Waals surface area contributed by atoms with Crippen LogP contribution >= 0.6 is 0 Å². The first-order chi connectivity index (χ1) is 10.7. The molecule has 5 heteroatoms. The normalized spacial score (nSPS) is 25.7. The molecule has 0 aliphatic heterocycles. The van der Waals surface area contributed by atoms with Gasteiger partial charge < -0.3 is 15.4 Å². The maximum absolute atomic E-state index is 12.9. The monoisotopic (exact) mass is 322 g/mol. The summed E-state index contributed by atoms with van der Waals surface area (Å²) in [5, 5.41) is 0. The summed E-state index contributed by atoms with van der Waals surface area (Å²) in [6, 6.07) is 6.35. The number of likely N-dealkylation sites (N-methyl/N-ethyl adjacent to an activating group) is 1. The maximum Gasteiger partial charge on any atom is 0.243 e. The van der Waals surface area contributed by atoms with E-state index in [4.69, 9.17) is 10.5 Å². The van der Waals surface area contributed by atoms with E-state index in [9.17, 15) is 9.18 Å². The van der Waals surface area contributed by atoms with E-state index in [0.29, 0.717) is 26.0 Å². The molecule has 2 rings (SSSR count). The molecule has 0 heterocycles. The van der Waals surface area contributed by atoms with Crippen molar-refractivity contribution in [3.8, 4) is 0 Å². The Morgan fingerprint density at radius 3 is 2.52 bits per heavy atom. The highest BCUT2D eigenvalue weighted by molar-refractivity contribution is 5.88. The van der Waals surface area contributed by atoms with Crippen molar-refractivity contribution in [2.75, 3.05) is 20.2 Å². The SMILES string of the molecule is CCOC1CC(N)(C(=O)N(C)CCc2ccc(F)cc2)C1(C)C. The highest BCUT2D eigenvalue weighted by Crippen LogP contribution is 2.50. The molecule has 1 fully saturated rings. The number of hydrogen-bond donors (Lipinski definition) is 1. The Balaban J connectivity index is 1.96. The van der Waals surface area contributed by atoms with Crippen LogP contribution in [0.5, 0.6) is 0 Å². The average Bonchev–Trinajstić information content (AvgIpc) is 2.52. The van der Waals surface area contributed by atoms with Crippen LogP contribution in [-0.4, -0.2) is 42.6 Å². The molecule has 0 radical (unpaired) electrons. The van der Waals surface area contributed by atoms with Crippen LogP contribution in [0, 0.1) is 11.2 Å². The van der Waals surface area contributed by atoms with Crippen LogP contribution in [-0.2, 0) is 16.0 Å². The molecular formula is C18H27FN2O2. The van der Waals surface area contributed by atoms with E-state index in [0.717, 1.165) is 5.56 Å². The van der Waals surface area contributed by atoms with E-state index >= 15 is 0 Å². The summed E-state index contributed by atoms with van der Waals surface area (Å²) in [5.41, 5.74) is 6.14. The summed E-state index contributed by atoms with van der Waals surface area (Å²) in [6.07, 6.45) is 1.24. The minimum absolute atomic E-state index is 0.0203. The molecule has 0 spiro atoms. The van der Waals surface area contributed by atoms with Crippen molar-refractivity contribution in [3.05, 3.63) is 35.6 Å². The second-order valence-corrected chi connectivity index (χ2v) is 6.94. The zero-order valence-electron chi connectivity index (χ0n) is 14.4. The van der Waals surface area contributed by atoms with Gasteiger partial charge in [0.25, 0.3) is 0 Å². The van der Waals surface area contributed by atoms with Crippen molar-refractivity contribution in [1.29, 1.82) is 0 Å². The van der Waals surface area contributed by atoms with Gasteiger partial charge in [-0.25, -0.2) is 4.39 Å². The van der Waals surface area contributed by atoms with Gasteiger partial charge in [0, 0.05) is 32.0 Å². The lowest BCUT2D eigenvalue weighted by Crippen LogP contribution is -2.75. The van der Waals surface area contributed by atoms with Crippen LogP contribution in [0.2, 0.25) is 0 Å². The topological polar surface area (TPSA) is 55.6 Å². The van der Waals surface area contributed by atoms with Crippen molar-refractivity contribution >= 4 is 5.91 Å². The highest BCUT2D eigenvalue weighted by atomic mass is 19.1. The number of hydrogen-bond acceptors (Lipinski definition) is 3. The van der Waals surface area contributed by atoms with Crippen LogP contribution in [0.1, 0.15) is 32.8 Å². The number of benzene rings is 1. The van der Waals surface area contributed by atoms with E-state index in [-0.39, 0.29) is 23.2 Å². The lowest BCUT2D eigenvalue weighted by Gasteiger charge is -2.58. The fraction of sp³-hybridized carbons (Fsp3) is 0.611. The second kappa shape index (κ2) is 6.57. The van der Waals surface area contributed by atoms with Gasteiger partial charge in [-0.05, 0) is 31.0 Å². The van der Waals surface area contributed by atoms with E-state index in [1.807, 2.05) is 20.8 Å². The zero-order valence-corrected chi connectivity index (χ0v) is 14.4. The first-order valence-electron chi connectivity index (χ1n) is 8.13. The van der Waals surface area contributed by atoms with E-state index in [2.05, 4.69) is 0 Å². The highest BCUT2D eigenvalue weighted by Gasteiger charge is 2.63. The number of carbonyl (C=O) groups excluding carboxylic acids is 1. The molecular weight excluding hydrogens is 295 g/mol. The van der Waals surface area contributed by atoms with Crippen LogP contribution in [0.15, 0.2) is 24.3 Å². The summed E-state index contributed by atoms with van der Waals surface area (Å²) >= 11 is 0. The first-order valence-corrected chi connectivity index (χ1v) is 8.13. The molecule has 1 aromatic rings. The van der Waals surface area contributed by atoms with Crippen LogP contribution in [0.25, 0.3) is 0 Å². The lowest BCUT2D eigenvalue weighted by atomic mass is 9.54. The Morgan fingerprint density at radius 2 is 2.00 bits per heavy atom. The van der Waals surface area contributed by atoms with Crippen LogP contribution in [0.3, 0.4) is 0 Å². The Bertz CT molecular complexity index is 559. The standard InChI is InChI=1S/C18H27FN2O2/c1-5-23-15-12-18(20,17(15,2)3)16(22)21(4)11-10-13-6-8-14(19)9-7-13/h6-9,15H,5,10-12,20H2,1-4H3.